The lowest BCUT2D eigenvalue weighted by Gasteiger charge is -2.28. The van der Waals surface area contributed by atoms with Crippen LogP contribution in [0.4, 0.5) is 5.13 Å². The van der Waals surface area contributed by atoms with Gasteiger partial charge in [0.2, 0.25) is 0 Å². The van der Waals surface area contributed by atoms with E-state index in [-0.39, 0.29) is 17.6 Å². The maximum Gasteiger partial charge on any atom is 0.306 e. The van der Waals surface area contributed by atoms with Crippen LogP contribution in [0.3, 0.4) is 0 Å². The molecule has 1 fully saturated rings. The monoisotopic (exact) mass is 298 g/mol. The molecule has 1 aliphatic rings. The Hall–Kier alpha value is -1.14. The molecule has 0 aliphatic carbocycles. The van der Waals surface area contributed by atoms with E-state index in [1.165, 1.54) is 0 Å². The fourth-order valence-electron chi connectivity index (χ4n) is 2.19. The van der Waals surface area contributed by atoms with E-state index in [1.54, 1.807) is 11.3 Å². The Morgan fingerprint density at radius 3 is 3.15 bits per heavy atom. The van der Waals surface area contributed by atoms with Crippen molar-refractivity contribution in [1.29, 1.82) is 0 Å². The minimum atomic E-state index is -0.167. The molecule has 2 unspecified atom stereocenters. The van der Waals surface area contributed by atoms with E-state index in [0.717, 1.165) is 23.9 Å². The molecule has 20 heavy (non-hydrogen) atoms. The van der Waals surface area contributed by atoms with Crippen molar-refractivity contribution in [3.05, 3.63) is 11.1 Å². The second-order valence-corrected chi connectivity index (χ2v) is 6.11. The van der Waals surface area contributed by atoms with Crippen molar-refractivity contribution in [3.63, 3.8) is 0 Å². The van der Waals surface area contributed by atoms with Gasteiger partial charge in [-0.3, -0.25) is 4.79 Å². The number of nitrogens with zero attached hydrogens (tertiary/aromatic N) is 1. The molecular formula is C14H22N2O3S. The lowest BCUT2D eigenvalue weighted by atomic mass is 9.95. The first kappa shape index (κ1) is 15.3. The highest BCUT2D eigenvalue weighted by molar-refractivity contribution is 7.13. The lowest BCUT2D eigenvalue weighted by Crippen LogP contribution is -2.41. The molecular weight excluding hydrogens is 276 g/mol. The number of carbonyl (C=O) groups is 1. The molecule has 1 aliphatic heterocycles. The summed E-state index contributed by atoms with van der Waals surface area (Å²) in [4.78, 5) is 15.8. The van der Waals surface area contributed by atoms with Crippen LogP contribution in [0.15, 0.2) is 5.38 Å². The van der Waals surface area contributed by atoms with Crippen LogP contribution in [0.25, 0.3) is 0 Å². The average molecular weight is 298 g/mol. The first-order valence-corrected chi connectivity index (χ1v) is 7.91. The van der Waals surface area contributed by atoms with Gasteiger partial charge in [-0.1, -0.05) is 0 Å². The molecule has 1 N–H and O–H groups in total. The fraction of sp³-hybridized carbons (Fsp3) is 0.714. The van der Waals surface area contributed by atoms with Crippen molar-refractivity contribution in [1.82, 2.24) is 4.98 Å². The number of aromatic nitrogens is 1. The van der Waals surface area contributed by atoms with Crippen LogP contribution < -0.4 is 5.32 Å². The number of rotatable bonds is 6. The number of hydrogen-bond acceptors (Lipinski definition) is 6. The van der Waals surface area contributed by atoms with Gasteiger partial charge < -0.3 is 14.8 Å². The van der Waals surface area contributed by atoms with Gasteiger partial charge in [-0.05, 0) is 27.2 Å². The zero-order valence-corrected chi connectivity index (χ0v) is 13.1. The number of aryl methyl sites for hydroxylation is 1. The number of esters is 1. The van der Waals surface area contributed by atoms with Crippen LogP contribution in [-0.2, 0) is 20.7 Å². The zero-order chi connectivity index (χ0) is 14.6. The predicted molar refractivity (Wildman–Crippen MR) is 79.1 cm³/mol. The minimum Gasteiger partial charge on any atom is -0.466 e. The molecule has 0 aromatic carbocycles. The molecule has 0 saturated carbocycles. The van der Waals surface area contributed by atoms with Crippen molar-refractivity contribution in [3.8, 4) is 0 Å². The van der Waals surface area contributed by atoms with Gasteiger partial charge in [0.05, 0.1) is 30.4 Å². The molecule has 2 rings (SSSR count). The Balaban J connectivity index is 1.87. The van der Waals surface area contributed by atoms with Crippen molar-refractivity contribution in [2.45, 2.75) is 51.7 Å². The smallest absolute Gasteiger partial charge is 0.306 e. The van der Waals surface area contributed by atoms with E-state index >= 15 is 0 Å². The van der Waals surface area contributed by atoms with Gasteiger partial charge in [-0.25, -0.2) is 4.98 Å². The first-order valence-electron chi connectivity index (χ1n) is 7.03. The number of anilines is 1. The summed E-state index contributed by atoms with van der Waals surface area (Å²) in [6.07, 6.45) is 2.16. The molecule has 1 saturated heterocycles. The molecule has 5 nitrogen and oxygen atoms in total. The van der Waals surface area contributed by atoms with Crippen LogP contribution in [0.1, 0.15) is 39.3 Å². The van der Waals surface area contributed by atoms with E-state index in [4.69, 9.17) is 9.47 Å². The van der Waals surface area contributed by atoms with Crippen molar-refractivity contribution >= 4 is 22.4 Å². The molecule has 6 heteroatoms. The molecule has 112 valence electrons. The summed E-state index contributed by atoms with van der Waals surface area (Å²) in [5, 5.41) is 6.35. The van der Waals surface area contributed by atoms with Crippen molar-refractivity contribution in [2.24, 2.45) is 0 Å². The summed E-state index contributed by atoms with van der Waals surface area (Å²) in [5.41, 5.74) is 0.872. The van der Waals surface area contributed by atoms with E-state index in [9.17, 15) is 4.79 Å². The lowest BCUT2D eigenvalue weighted by molar-refractivity contribution is -0.143. The topological polar surface area (TPSA) is 60.5 Å². The number of thiazole rings is 1. The van der Waals surface area contributed by atoms with Crippen LogP contribution in [0.2, 0.25) is 0 Å². The third-order valence-electron chi connectivity index (χ3n) is 3.72. The maximum absolute atomic E-state index is 11.3. The summed E-state index contributed by atoms with van der Waals surface area (Å²) in [6.45, 7) is 7.26. The Kier molecular flexibility index (Phi) is 4.99. The standard InChI is InChI=1S/C14H22N2O3S/c1-4-18-12(17)6-5-11-9-20-13(15-11)16-14(3)7-8-19-10(14)2/h9-10H,4-8H2,1-3H3,(H,15,16). The second-order valence-electron chi connectivity index (χ2n) is 5.25. The molecule has 2 heterocycles. The summed E-state index contributed by atoms with van der Waals surface area (Å²) in [5.74, 6) is -0.167. The highest BCUT2D eigenvalue weighted by atomic mass is 32.1. The van der Waals surface area contributed by atoms with Gasteiger partial charge >= 0.3 is 5.97 Å². The third-order valence-corrected chi connectivity index (χ3v) is 4.53. The molecule has 1 aromatic heterocycles. The van der Waals surface area contributed by atoms with Crippen LogP contribution in [0, 0.1) is 0 Å². The number of nitrogens with one attached hydrogen (secondary N) is 1. The van der Waals surface area contributed by atoms with E-state index in [2.05, 4.69) is 24.1 Å². The molecule has 0 bridgehead atoms. The summed E-state index contributed by atoms with van der Waals surface area (Å²) in [7, 11) is 0. The van der Waals surface area contributed by atoms with Gasteiger partial charge in [0.15, 0.2) is 5.13 Å². The van der Waals surface area contributed by atoms with Gasteiger partial charge in [0, 0.05) is 18.4 Å². The Bertz CT molecular complexity index is 463. The van der Waals surface area contributed by atoms with Gasteiger partial charge in [-0.2, -0.15) is 0 Å². The van der Waals surface area contributed by atoms with E-state index in [0.29, 0.717) is 19.4 Å². The quantitative estimate of drug-likeness (QED) is 0.818. The highest BCUT2D eigenvalue weighted by Gasteiger charge is 2.37. The Morgan fingerprint density at radius 2 is 2.50 bits per heavy atom. The van der Waals surface area contributed by atoms with Gasteiger partial charge in [-0.15, -0.1) is 11.3 Å². The van der Waals surface area contributed by atoms with Crippen LogP contribution in [0.5, 0.6) is 0 Å². The summed E-state index contributed by atoms with van der Waals surface area (Å²) >= 11 is 1.57. The highest BCUT2D eigenvalue weighted by Crippen LogP contribution is 2.30. The molecule has 1 aromatic rings. The molecule has 0 amide bonds. The second kappa shape index (κ2) is 6.54. The molecule has 0 spiro atoms. The number of carbonyl (C=O) groups excluding carboxylic acids is 1. The van der Waals surface area contributed by atoms with Crippen molar-refractivity contribution in [2.75, 3.05) is 18.5 Å². The first-order chi connectivity index (χ1) is 9.53. The average Bonchev–Trinajstić information content (AvgIpc) is 2.96. The van der Waals surface area contributed by atoms with Crippen LogP contribution in [-0.4, -0.2) is 35.8 Å². The SMILES string of the molecule is CCOC(=O)CCc1csc(NC2(C)CCOC2C)n1. The van der Waals surface area contributed by atoms with E-state index < -0.39 is 0 Å². The largest absolute Gasteiger partial charge is 0.466 e. The zero-order valence-electron chi connectivity index (χ0n) is 12.3. The molecule has 2 atom stereocenters. The van der Waals surface area contributed by atoms with Gasteiger partial charge in [0.1, 0.15) is 0 Å². The summed E-state index contributed by atoms with van der Waals surface area (Å²) < 4.78 is 10.5. The minimum absolute atomic E-state index is 0.0593. The Labute approximate surface area is 123 Å². The van der Waals surface area contributed by atoms with Crippen LogP contribution >= 0.6 is 11.3 Å². The van der Waals surface area contributed by atoms with Gasteiger partial charge in [0.25, 0.3) is 0 Å². The third kappa shape index (κ3) is 3.70. The van der Waals surface area contributed by atoms with E-state index in [1.807, 2.05) is 12.3 Å². The molecule has 0 radical (unpaired) electrons. The fourth-order valence-corrected chi connectivity index (χ4v) is 3.07. The normalized spacial score (nSPS) is 25.6. The number of hydrogen-bond donors (Lipinski definition) is 1. The Morgan fingerprint density at radius 1 is 1.70 bits per heavy atom. The van der Waals surface area contributed by atoms with Crippen molar-refractivity contribution < 1.29 is 14.3 Å². The maximum atomic E-state index is 11.3. The predicted octanol–water partition coefficient (Wildman–Crippen LogP) is 2.62. The number of ether oxygens (including phenoxy) is 2. The summed E-state index contributed by atoms with van der Waals surface area (Å²) in [6, 6.07) is 0.